The van der Waals surface area contributed by atoms with Crippen molar-refractivity contribution in [2.24, 2.45) is 0 Å². The fraction of sp³-hybridized carbons (Fsp3) is 0.273. The van der Waals surface area contributed by atoms with Crippen molar-refractivity contribution in [1.82, 2.24) is 10.2 Å². The van der Waals surface area contributed by atoms with Crippen LogP contribution in [0.1, 0.15) is 10.4 Å². The number of nitrogen functional groups attached to an aromatic ring is 1. The minimum atomic E-state index is -0.343. The van der Waals surface area contributed by atoms with Crippen LogP contribution in [0.3, 0.4) is 0 Å². The van der Waals surface area contributed by atoms with Crippen molar-refractivity contribution in [3.05, 3.63) is 27.7 Å². The van der Waals surface area contributed by atoms with Crippen molar-refractivity contribution < 1.29 is 9.59 Å². The molecule has 0 unspecified atom stereocenters. The van der Waals surface area contributed by atoms with E-state index >= 15 is 0 Å². The van der Waals surface area contributed by atoms with Gasteiger partial charge in [-0.05, 0) is 12.1 Å². The van der Waals surface area contributed by atoms with Gasteiger partial charge in [0.15, 0.2) is 0 Å². The van der Waals surface area contributed by atoms with E-state index in [1.807, 2.05) is 0 Å². The van der Waals surface area contributed by atoms with Gasteiger partial charge in [0, 0.05) is 18.8 Å². The Morgan fingerprint density at radius 3 is 2.78 bits per heavy atom. The Kier molecular flexibility index (Phi) is 3.63. The number of piperazine rings is 1. The summed E-state index contributed by atoms with van der Waals surface area (Å²) in [5.41, 5.74) is 6.20. The molecule has 0 aliphatic carbocycles. The van der Waals surface area contributed by atoms with Crippen LogP contribution < -0.4 is 11.1 Å². The monoisotopic (exact) mass is 287 g/mol. The number of anilines is 1. The Bertz CT molecular complexity index is 519. The molecular formula is C11H11Cl2N3O2. The van der Waals surface area contributed by atoms with Crippen molar-refractivity contribution in [1.29, 1.82) is 0 Å². The Morgan fingerprint density at radius 2 is 2.11 bits per heavy atom. The lowest BCUT2D eigenvalue weighted by Crippen LogP contribution is -2.50. The number of nitrogens with one attached hydrogen (secondary N) is 1. The van der Waals surface area contributed by atoms with E-state index < -0.39 is 0 Å². The largest absolute Gasteiger partial charge is 0.399 e. The second-order valence-electron chi connectivity index (χ2n) is 3.94. The molecule has 1 saturated heterocycles. The third-order valence-electron chi connectivity index (χ3n) is 2.61. The third kappa shape index (κ3) is 2.52. The maximum absolute atomic E-state index is 12.2. The van der Waals surface area contributed by atoms with Crippen LogP contribution in [-0.4, -0.2) is 36.3 Å². The first-order valence-corrected chi connectivity index (χ1v) is 6.05. The van der Waals surface area contributed by atoms with Gasteiger partial charge in [0.25, 0.3) is 5.91 Å². The summed E-state index contributed by atoms with van der Waals surface area (Å²) in [7, 11) is 0. The molecule has 0 radical (unpaired) electrons. The Morgan fingerprint density at radius 1 is 1.39 bits per heavy atom. The minimum absolute atomic E-state index is 0.0155. The van der Waals surface area contributed by atoms with Gasteiger partial charge in [0.05, 0.1) is 22.2 Å². The summed E-state index contributed by atoms with van der Waals surface area (Å²) in [5.74, 6) is -0.537. The predicted octanol–water partition coefficient (Wildman–Crippen LogP) is 1.15. The van der Waals surface area contributed by atoms with Gasteiger partial charge in [0.1, 0.15) is 0 Å². The molecule has 5 nitrogen and oxygen atoms in total. The van der Waals surface area contributed by atoms with E-state index in [0.717, 1.165) is 0 Å². The number of halogens is 2. The summed E-state index contributed by atoms with van der Waals surface area (Å²) < 4.78 is 0. The highest BCUT2D eigenvalue weighted by atomic mass is 35.5. The number of hydrogen-bond acceptors (Lipinski definition) is 3. The predicted molar refractivity (Wildman–Crippen MR) is 69.8 cm³/mol. The fourth-order valence-electron chi connectivity index (χ4n) is 1.75. The van der Waals surface area contributed by atoms with Crippen molar-refractivity contribution in [3.63, 3.8) is 0 Å². The second-order valence-corrected chi connectivity index (χ2v) is 4.73. The first-order valence-electron chi connectivity index (χ1n) is 5.29. The first-order chi connectivity index (χ1) is 8.49. The highest BCUT2D eigenvalue weighted by Crippen LogP contribution is 2.29. The molecule has 0 aromatic heterocycles. The summed E-state index contributed by atoms with van der Waals surface area (Å²) in [6.07, 6.45) is 0. The molecule has 0 spiro atoms. The number of amides is 2. The van der Waals surface area contributed by atoms with E-state index in [1.54, 1.807) is 0 Å². The summed E-state index contributed by atoms with van der Waals surface area (Å²) in [6.45, 7) is 0.882. The van der Waals surface area contributed by atoms with Crippen molar-refractivity contribution in [3.8, 4) is 0 Å². The van der Waals surface area contributed by atoms with Crippen LogP contribution in [0, 0.1) is 0 Å². The Labute approximate surface area is 114 Å². The third-order valence-corrected chi connectivity index (χ3v) is 3.41. The normalized spacial score (nSPS) is 15.4. The van der Waals surface area contributed by atoms with Crippen LogP contribution in [0.25, 0.3) is 0 Å². The standard InChI is InChI=1S/C11H11Cl2N3O2/c12-8-4-6(14)3-7(10(8)13)11(18)16-2-1-15-9(17)5-16/h3-4H,1-2,5,14H2,(H,15,17). The molecule has 0 atom stereocenters. The van der Waals surface area contributed by atoms with Gasteiger partial charge < -0.3 is 16.0 Å². The van der Waals surface area contributed by atoms with Gasteiger partial charge in [-0.1, -0.05) is 23.2 Å². The molecule has 1 aliphatic rings. The number of nitrogens with two attached hydrogens (primary N) is 1. The maximum atomic E-state index is 12.2. The van der Waals surface area contributed by atoms with Gasteiger partial charge in [0.2, 0.25) is 5.91 Å². The van der Waals surface area contributed by atoms with E-state index in [0.29, 0.717) is 18.8 Å². The number of nitrogens with zero attached hydrogens (tertiary/aromatic N) is 1. The summed E-state index contributed by atoms with van der Waals surface area (Å²) in [4.78, 5) is 24.9. The van der Waals surface area contributed by atoms with Gasteiger partial charge in [-0.2, -0.15) is 0 Å². The molecule has 1 aromatic carbocycles. The molecule has 0 bridgehead atoms. The second kappa shape index (κ2) is 5.04. The van der Waals surface area contributed by atoms with Crippen LogP contribution in [0.4, 0.5) is 5.69 Å². The van der Waals surface area contributed by atoms with E-state index in [1.165, 1.54) is 17.0 Å². The summed E-state index contributed by atoms with van der Waals surface area (Å²) in [6, 6.07) is 2.94. The maximum Gasteiger partial charge on any atom is 0.256 e. The fourth-order valence-corrected chi connectivity index (χ4v) is 2.17. The first kappa shape index (κ1) is 13.0. The van der Waals surface area contributed by atoms with Crippen molar-refractivity contribution in [2.45, 2.75) is 0 Å². The number of rotatable bonds is 1. The van der Waals surface area contributed by atoms with E-state index in [4.69, 9.17) is 28.9 Å². The molecule has 2 rings (SSSR count). The van der Waals surface area contributed by atoms with E-state index in [2.05, 4.69) is 5.32 Å². The lowest BCUT2D eigenvalue weighted by molar-refractivity contribution is -0.123. The highest BCUT2D eigenvalue weighted by molar-refractivity contribution is 6.44. The summed E-state index contributed by atoms with van der Waals surface area (Å²) >= 11 is 11.8. The van der Waals surface area contributed by atoms with Crippen molar-refractivity contribution in [2.75, 3.05) is 25.4 Å². The molecule has 1 aliphatic heterocycles. The van der Waals surface area contributed by atoms with E-state index in [-0.39, 0.29) is 34.0 Å². The lowest BCUT2D eigenvalue weighted by Gasteiger charge is -2.27. The van der Waals surface area contributed by atoms with Gasteiger partial charge >= 0.3 is 0 Å². The molecule has 0 saturated carbocycles. The van der Waals surface area contributed by atoms with Gasteiger partial charge in [-0.25, -0.2) is 0 Å². The number of carbonyl (C=O) groups is 2. The number of hydrogen-bond donors (Lipinski definition) is 2. The molecule has 1 fully saturated rings. The van der Waals surface area contributed by atoms with Gasteiger partial charge in [-0.3, -0.25) is 9.59 Å². The minimum Gasteiger partial charge on any atom is -0.399 e. The summed E-state index contributed by atoms with van der Waals surface area (Å²) in [5, 5.41) is 3.02. The van der Waals surface area contributed by atoms with E-state index in [9.17, 15) is 9.59 Å². The molecule has 7 heteroatoms. The molecule has 3 N–H and O–H groups in total. The zero-order valence-corrected chi connectivity index (χ0v) is 10.9. The average molecular weight is 288 g/mol. The Hall–Kier alpha value is -1.46. The quantitative estimate of drug-likeness (QED) is 0.761. The molecule has 1 heterocycles. The van der Waals surface area contributed by atoms with Crippen LogP contribution in [-0.2, 0) is 4.79 Å². The molecule has 1 aromatic rings. The van der Waals surface area contributed by atoms with Crippen LogP contribution in [0.2, 0.25) is 10.0 Å². The number of carbonyl (C=O) groups excluding carboxylic acids is 2. The molecular weight excluding hydrogens is 277 g/mol. The molecule has 18 heavy (non-hydrogen) atoms. The smallest absolute Gasteiger partial charge is 0.256 e. The zero-order chi connectivity index (χ0) is 13.3. The number of benzene rings is 1. The topological polar surface area (TPSA) is 75.4 Å². The SMILES string of the molecule is Nc1cc(Cl)c(Cl)c(C(=O)N2CCNC(=O)C2)c1. The Balaban J connectivity index is 2.31. The molecule has 2 amide bonds. The average Bonchev–Trinajstić information content (AvgIpc) is 2.33. The van der Waals surface area contributed by atoms with Crippen LogP contribution in [0.5, 0.6) is 0 Å². The molecule has 96 valence electrons. The van der Waals surface area contributed by atoms with Crippen molar-refractivity contribution >= 4 is 40.7 Å². The van der Waals surface area contributed by atoms with Crippen LogP contribution >= 0.6 is 23.2 Å². The van der Waals surface area contributed by atoms with Gasteiger partial charge in [-0.15, -0.1) is 0 Å². The highest BCUT2D eigenvalue weighted by Gasteiger charge is 2.24. The zero-order valence-electron chi connectivity index (χ0n) is 9.37. The van der Waals surface area contributed by atoms with Crippen LogP contribution in [0.15, 0.2) is 12.1 Å². The lowest BCUT2D eigenvalue weighted by atomic mass is 10.1.